The molecule has 28 heavy (non-hydrogen) atoms. The zero-order chi connectivity index (χ0) is 20.9. The van der Waals surface area contributed by atoms with Crippen LogP contribution in [0.15, 0.2) is 30.4 Å². The fourth-order valence-corrected chi connectivity index (χ4v) is 3.16. The van der Waals surface area contributed by atoms with Crippen LogP contribution in [0.5, 0.6) is 5.75 Å². The van der Waals surface area contributed by atoms with E-state index in [0.29, 0.717) is 54.3 Å². The number of allylic oxidation sites excluding steroid dienone is 2. The number of benzene rings is 1. The minimum absolute atomic E-state index is 0.0884. The summed E-state index contributed by atoms with van der Waals surface area (Å²) in [4.78, 5) is 22.2. The smallest absolute Gasteiger partial charge is 0.303 e. The molecule has 2 unspecified atom stereocenters. The average Bonchev–Trinajstić information content (AvgIpc) is 2.61. The Morgan fingerprint density at radius 1 is 1.18 bits per heavy atom. The minimum atomic E-state index is -0.795. The third kappa shape index (κ3) is 10.7. The highest BCUT2D eigenvalue weighted by Crippen LogP contribution is 2.27. The number of carboxylic acid groups (broad SMARTS) is 1. The van der Waals surface area contributed by atoms with E-state index in [9.17, 15) is 14.7 Å². The summed E-state index contributed by atoms with van der Waals surface area (Å²) >= 11 is 11.9. The quantitative estimate of drug-likeness (QED) is 0.308. The number of carboxylic acids is 1. The molecule has 0 spiro atoms. The molecule has 0 aliphatic heterocycles. The molecule has 0 amide bonds. The zero-order valence-electron chi connectivity index (χ0n) is 16.1. The van der Waals surface area contributed by atoms with Crippen molar-refractivity contribution < 1.29 is 24.5 Å². The molecule has 0 aromatic heterocycles. The van der Waals surface area contributed by atoms with Gasteiger partial charge in [-0.25, -0.2) is 0 Å². The van der Waals surface area contributed by atoms with Crippen LogP contribution in [-0.4, -0.2) is 34.7 Å². The second-order valence-electron chi connectivity index (χ2n) is 6.77. The number of hydrogen-bond acceptors (Lipinski definition) is 4. The Bertz CT molecular complexity index is 660. The van der Waals surface area contributed by atoms with Crippen molar-refractivity contribution in [2.45, 2.75) is 58.0 Å². The molecule has 0 aliphatic carbocycles. The zero-order valence-corrected chi connectivity index (χ0v) is 17.6. The summed E-state index contributed by atoms with van der Waals surface area (Å²) in [6, 6.07) is 4.91. The first-order valence-electron chi connectivity index (χ1n) is 9.42. The second-order valence-corrected chi connectivity index (χ2v) is 7.61. The van der Waals surface area contributed by atoms with Crippen LogP contribution < -0.4 is 4.74 Å². The second kappa shape index (κ2) is 13.6. The van der Waals surface area contributed by atoms with Gasteiger partial charge in [0.05, 0.1) is 11.1 Å². The van der Waals surface area contributed by atoms with Gasteiger partial charge in [-0.05, 0) is 57.2 Å². The molecule has 0 radical (unpaired) electrons. The molecule has 2 atom stereocenters. The predicted octanol–water partition coefficient (Wildman–Crippen LogP) is 5.31. The number of carbonyl (C=O) groups excluding carboxylic acids is 1. The van der Waals surface area contributed by atoms with E-state index >= 15 is 0 Å². The van der Waals surface area contributed by atoms with Crippen LogP contribution in [0, 0.1) is 5.92 Å². The number of ether oxygens (including phenoxy) is 1. The highest BCUT2D eigenvalue weighted by Gasteiger charge is 2.14. The van der Waals surface area contributed by atoms with E-state index in [1.54, 1.807) is 25.1 Å². The molecule has 0 heterocycles. The number of halogens is 2. The molecule has 1 rings (SSSR count). The van der Waals surface area contributed by atoms with Gasteiger partial charge < -0.3 is 14.9 Å². The number of ketones is 1. The van der Waals surface area contributed by atoms with Gasteiger partial charge in [-0.1, -0.05) is 41.8 Å². The maximum Gasteiger partial charge on any atom is 0.303 e. The fraction of sp³-hybridized carbons (Fsp3) is 0.524. The van der Waals surface area contributed by atoms with Gasteiger partial charge in [0.15, 0.2) is 0 Å². The number of unbranched alkanes of at least 4 members (excludes halogenated alkanes) is 1. The van der Waals surface area contributed by atoms with Crippen LogP contribution in [0.1, 0.15) is 51.9 Å². The van der Waals surface area contributed by atoms with Crippen molar-refractivity contribution in [3.05, 3.63) is 40.4 Å². The summed E-state index contributed by atoms with van der Waals surface area (Å²) in [6.07, 6.45) is 7.22. The summed E-state index contributed by atoms with van der Waals surface area (Å²) in [7, 11) is 0. The highest BCUT2D eigenvalue weighted by molar-refractivity contribution is 6.35. The van der Waals surface area contributed by atoms with Crippen molar-refractivity contribution in [1.82, 2.24) is 0 Å². The van der Waals surface area contributed by atoms with E-state index in [4.69, 9.17) is 33.0 Å². The van der Waals surface area contributed by atoms with Crippen molar-refractivity contribution in [1.29, 1.82) is 0 Å². The largest absolute Gasteiger partial charge is 0.489 e. The van der Waals surface area contributed by atoms with Crippen molar-refractivity contribution in [3.8, 4) is 5.75 Å². The lowest BCUT2D eigenvalue weighted by Gasteiger charge is -2.15. The van der Waals surface area contributed by atoms with Gasteiger partial charge in [-0.3, -0.25) is 9.59 Å². The molecule has 1 aromatic rings. The third-order valence-corrected chi connectivity index (χ3v) is 4.87. The first kappa shape index (κ1) is 24.5. The van der Waals surface area contributed by atoms with Crippen molar-refractivity contribution >= 4 is 35.0 Å². The standard InChI is InChI=1S/C21H28Cl2O5/c1-15(24)16(7-4-2-3-5-10-21(26)27)8-6-9-18(25)14-28-20-12-11-17(22)13-19(20)23/h2,4,11-13,16,18,25H,3,5-10,14H2,1H3,(H,26,27)/b4-2-. The fourth-order valence-electron chi connectivity index (χ4n) is 2.70. The lowest BCUT2D eigenvalue weighted by Crippen LogP contribution is -2.18. The van der Waals surface area contributed by atoms with E-state index < -0.39 is 12.1 Å². The molecule has 5 nitrogen and oxygen atoms in total. The molecular weight excluding hydrogens is 403 g/mol. The molecule has 0 aliphatic rings. The molecule has 2 N–H and O–H groups in total. The van der Waals surface area contributed by atoms with Gasteiger partial charge in [0.2, 0.25) is 0 Å². The van der Waals surface area contributed by atoms with E-state index in [1.165, 1.54) is 0 Å². The van der Waals surface area contributed by atoms with Gasteiger partial charge in [0.25, 0.3) is 0 Å². The number of aliphatic hydroxyl groups excluding tert-OH is 1. The van der Waals surface area contributed by atoms with Gasteiger partial charge in [-0.15, -0.1) is 0 Å². The first-order chi connectivity index (χ1) is 13.3. The molecule has 7 heteroatoms. The third-order valence-electron chi connectivity index (χ3n) is 4.34. The SMILES string of the molecule is CC(=O)C(C/C=C\CCCC(=O)O)CCCC(O)COc1ccc(Cl)cc1Cl. The lowest BCUT2D eigenvalue weighted by atomic mass is 9.93. The van der Waals surface area contributed by atoms with Crippen LogP contribution in [0.4, 0.5) is 0 Å². The van der Waals surface area contributed by atoms with E-state index in [2.05, 4.69) is 0 Å². The van der Waals surface area contributed by atoms with E-state index in [-0.39, 0.29) is 24.7 Å². The van der Waals surface area contributed by atoms with Gasteiger partial charge in [0.1, 0.15) is 18.1 Å². The highest BCUT2D eigenvalue weighted by atomic mass is 35.5. The Hall–Kier alpha value is -1.56. The van der Waals surface area contributed by atoms with E-state index in [1.807, 2.05) is 12.2 Å². The summed E-state index contributed by atoms with van der Waals surface area (Å²) in [5.74, 6) is -0.293. The van der Waals surface area contributed by atoms with Gasteiger partial charge in [0, 0.05) is 17.4 Å². The number of Topliss-reactive ketones (excluding diaryl/α,β-unsaturated/α-hetero) is 1. The summed E-state index contributed by atoms with van der Waals surface area (Å²) < 4.78 is 5.52. The van der Waals surface area contributed by atoms with Crippen LogP contribution in [0.2, 0.25) is 10.0 Å². The van der Waals surface area contributed by atoms with Crippen LogP contribution in [0.25, 0.3) is 0 Å². The van der Waals surface area contributed by atoms with E-state index in [0.717, 1.165) is 0 Å². The minimum Gasteiger partial charge on any atom is -0.489 e. The topological polar surface area (TPSA) is 83.8 Å². The summed E-state index contributed by atoms with van der Waals surface area (Å²) in [6.45, 7) is 1.70. The average molecular weight is 431 g/mol. The Morgan fingerprint density at radius 3 is 2.57 bits per heavy atom. The molecular formula is C21H28Cl2O5. The van der Waals surface area contributed by atoms with Crippen molar-refractivity contribution in [2.24, 2.45) is 5.92 Å². The number of hydrogen-bond donors (Lipinski definition) is 2. The molecule has 0 bridgehead atoms. The number of aliphatic carboxylic acids is 1. The van der Waals surface area contributed by atoms with Gasteiger partial charge in [-0.2, -0.15) is 0 Å². The number of carbonyl (C=O) groups is 2. The monoisotopic (exact) mass is 430 g/mol. The molecule has 0 saturated heterocycles. The van der Waals surface area contributed by atoms with Gasteiger partial charge >= 0.3 is 5.97 Å². The Balaban J connectivity index is 2.28. The van der Waals surface area contributed by atoms with Crippen molar-refractivity contribution in [3.63, 3.8) is 0 Å². The van der Waals surface area contributed by atoms with Crippen LogP contribution in [0.3, 0.4) is 0 Å². The Kier molecular flexibility index (Phi) is 11.9. The number of aliphatic hydroxyl groups is 1. The molecule has 0 fully saturated rings. The first-order valence-corrected chi connectivity index (χ1v) is 10.2. The molecule has 0 saturated carbocycles. The summed E-state index contributed by atoms with van der Waals surface area (Å²) in [5.41, 5.74) is 0. The maximum atomic E-state index is 11.8. The Labute approximate surface area is 176 Å². The van der Waals surface area contributed by atoms with Crippen molar-refractivity contribution in [2.75, 3.05) is 6.61 Å². The lowest BCUT2D eigenvalue weighted by molar-refractivity contribution is -0.137. The summed E-state index contributed by atoms with van der Waals surface area (Å²) in [5, 5.41) is 19.6. The number of rotatable bonds is 14. The normalized spacial score (nSPS) is 13.4. The molecule has 1 aromatic carbocycles. The molecule has 156 valence electrons. The Morgan fingerprint density at radius 2 is 1.93 bits per heavy atom. The predicted molar refractivity (Wildman–Crippen MR) is 111 cm³/mol. The van der Waals surface area contributed by atoms with Crippen LogP contribution >= 0.6 is 23.2 Å². The van der Waals surface area contributed by atoms with Crippen LogP contribution in [-0.2, 0) is 9.59 Å². The maximum absolute atomic E-state index is 11.8.